The van der Waals surface area contributed by atoms with Crippen LogP contribution in [-0.4, -0.2) is 35.5 Å². The fourth-order valence-corrected chi connectivity index (χ4v) is 3.24. The zero-order valence-electron chi connectivity index (χ0n) is 17.0. The SMILES string of the molecule is Cc1ccc(C(=O)O)cc1NC(=O)c1cc2ccccc2cc1OCC(=O)NC1CC1. The minimum absolute atomic E-state index is 0.0765. The van der Waals surface area contributed by atoms with Gasteiger partial charge in [0.1, 0.15) is 5.75 Å². The maximum Gasteiger partial charge on any atom is 0.335 e. The summed E-state index contributed by atoms with van der Waals surface area (Å²) in [6.07, 6.45) is 1.95. The third-order valence-electron chi connectivity index (χ3n) is 5.13. The van der Waals surface area contributed by atoms with E-state index in [1.807, 2.05) is 24.3 Å². The Balaban J connectivity index is 1.62. The molecule has 1 fully saturated rings. The van der Waals surface area contributed by atoms with Crippen LogP contribution in [0, 0.1) is 6.92 Å². The first-order valence-electron chi connectivity index (χ1n) is 10.0. The average Bonchev–Trinajstić information content (AvgIpc) is 3.56. The number of aryl methyl sites for hydroxylation is 1. The molecule has 0 heterocycles. The molecule has 0 bridgehead atoms. The predicted molar refractivity (Wildman–Crippen MR) is 117 cm³/mol. The van der Waals surface area contributed by atoms with Gasteiger partial charge in [-0.3, -0.25) is 9.59 Å². The number of carboxylic acids is 1. The van der Waals surface area contributed by atoms with Gasteiger partial charge < -0.3 is 20.5 Å². The van der Waals surface area contributed by atoms with Crippen molar-refractivity contribution < 1.29 is 24.2 Å². The summed E-state index contributed by atoms with van der Waals surface area (Å²) < 4.78 is 5.72. The minimum atomic E-state index is -1.08. The van der Waals surface area contributed by atoms with Crippen molar-refractivity contribution in [3.8, 4) is 5.75 Å². The minimum Gasteiger partial charge on any atom is -0.483 e. The van der Waals surface area contributed by atoms with E-state index in [-0.39, 0.29) is 35.4 Å². The van der Waals surface area contributed by atoms with Crippen molar-refractivity contribution in [3.63, 3.8) is 0 Å². The number of carbonyl (C=O) groups is 3. The molecule has 0 spiro atoms. The molecule has 0 aliphatic heterocycles. The highest BCUT2D eigenvalue weighted by atomic mass is 16.5. The van der Waals surface area contributed by atoms with Gasteiger partial charge in [-0.25, -0.2) is 4.79 Å². The first-order chi connectivity index (χ1) is 14.9. The smallest absolute Gasteiger partial charge is 0.335 e. The Morgan fingerprint density at radius 3 is 2.42 bits per heavy atom. The Bertz CT molecular complexity index is 1180. The van der Waals surface area contributed by atoms with Crippen molar-refractivity contribution >= 4 is 34.2 Å². The van der Waals surface area contributed by atoms with Crippen LogP contribution in [0.4, 0.5) is 5.69 Å². The van der Waals surface area contributed by atoms with E-state index in [2.05, 4.69) is 10.6 Å². The molecule has 2 amide bonds. The number of carbonyl (C=O) groups excluding carboxylic acids is 2. The Morgan fingerprint density at radius 1 is 1.03 bits per heavy atom. The monoisotopic (exact) mass is 418 g/mol. The van der Waals surface area contributed by atoms with Gasteiger partial charge in [-0.15, -0.1) is 0 Å². The lowest BCUT2D eigenvalue weighted by Crippen LogP contribution is -2.30. The molecule has 0 unspecified atom stereocenters. The zero-order valence-corrected chi connectivity index (χ0v) is 17.0. The number of rotatable bonds is 7. The second-order valence-electron chi connectivity index (χ2n) is 7.61. The topological polar surface area (TPSA) is 105 Å². The number of fused-ring (bicyclic) bond motifs is 1. The molecule has 1 aliphatic carbocycles. The van der Waals surface area contributed by atoms with E-state index in [9.17, 15) is 19.5 Å². The maximum absolute atomic E-state index is 13.1. The number of anilines is 1. The Labute approximate surface area is 179 Å². The van der Waals surface area contributed by atoms with Gasteiger partial charge in [0.2, 0.25) is 0 Å². The summed E-state index contributed by atoms with van der Waals surface area (Å²) in [4.78, 5) is 36.4. The molecule has 3 aromatic carbocycles. The fourth-order valence-electron chi connectivity index (χ4n) is 3.24. The summed E-state index contributed by atoms with van der Waals surface area (Å²) in [7, 11) is 0. The lowest BCUT2D eigenvalue weighted by atomic mass is 10.0. The quantitative estimate of drug-likeness (QED) is 0.542. The van der Waals surface area contributed by atoms with Crippen LogP contribution in [-0.2, 0) is 4.79 Å². The second kappa shape index (κ2) is 8.47. The highest BCUT2D eigenvalue weighted by molar-refractivity contribution is 6.09. The van der Waals surface area contributed by atoms with Gasteiger partial charge in [0.25, 0.3) is 11.8 Å². The molecule has 0 saturated heterocycles. The molecular formula is C24H22N2O5. The zero-order chi connectivity index (χ0) is 22.0. The normalized spacial score (nSPS) is 12.9. The van der Waals surface area contributed by atoms with Crippen LogP contribution in [0.1, 0.15) is 39.1 Å². The predicted octanol–water partition coefficient (Wildman–Crippen LogP) is 3.76. The summed E-state index contributed by atoms with van der Waals surface area (Å²) in [5, 5.41) is 16.6. The number of ether oxygens (including phenoxy) is 1. The highest BCUT2D eigenvalue weighted by Crippen LogP contribution is 2.28. The van der Waals surface area contributed by atoms with Crippen molar-refractivity contribution in [2.75, 3.05) is 11.9 Å². The number of aromatic carboxylic acids is 1. The molecule has 1 saturated carbocycles. The van der Waals surface area contributed by atoms with E-state index in [0.717, 1.165) is 29.2 Å². The molecule has 0 aromatic heterocycles. The molecule has 3 N–H and O–H groups in total. The van der Waals surface area contributed by atoms with Gasteiger partial charge >= 0.3 is 5.97 Å². The number of amides is 2. The van der Waals surface area contributed by atoms with Gasteiger partial charge in [-0.05, 0) is 60.4 Å². The highest BCUT2D eigenvalue weighted by Gasteiger charge is 2.24. The number of hydrogen-bond acceptors (Lipinski definition) is 4. The van der Waals surface area contributed by atoms with Gasteiger partial charge in [0, 0.05) is 11.7 Å². The summed E-state index contributed by atoms with van der Waals surface area (Å²) in [6.45, 7) is 1.59. The fraction of sp³-hybridized carbons (Fsp3) is 0.208. The largest absolute Gasteiger partial charge is 0.483 e. The van der Waals surface area contributed by atoms with Crippen LogP contribution < -0.4 is 15.4 Å². The van der Waals surface area contributed by atoms with Crippen molar-refractivity contribution in [1.29, 1.82) is 0 Å². The third-order valence-corrected chi connectivity index (χ3v) is 5.13. The molecule has 31 heavy (non-hydrogen) atoms. The van der Waals surface area contributed by atoms with E-state index in [0.29, 0.717) is 5.69 Å². The van der Waals surface area contributed by atoms with Gasteiger partial charge in [0.15, 0.2) is 6.61 Å². The van der Waals surface area contributed by atoms with E-state index >= 15 is 0 Å². The maximum atomic E-state index is 13.1. The number of nitrogens with one attached hydrogen (secondary N) is 2. The molecule has 7 heteroatoms. The third kappa shape index (κ3) is 4.83. The van der Waals surface area contributed by atoms with Crippen LogP contribution in [0.2, 0.25) is 0 Å². The number of benzene rings is 3. The second-order valence-corrected chi connectivity index (χ2v) is 7.61. The van der Waals surface area contributed by atoms with E-state index < -0.39 is 11.9 Å². The van der Waals surface area contributed by atoms with Crippen molar-refractivity contribution in [3.05, 3.63) is 71.3 Å². The number of carboxylic acid groups (broad SMARTS) is 1. The lowest BCUT2D eigenvalue weighted by molar-refractivity contribution is -0.123. The van der Waals surface area contributed by atoms with E-state index in [1.54, 1.807) is 25.1 Å². The van der Waals surface area contributed by atoms with Crippen LogP contribution in [0.25, 0.3) is 10.8 Å². The Hall–Kier alpha value is -3.87. The van der Waals surface area contributed by atoms with Gasteiger partial charge in [-0.2, -0.15) is 0 Å². The molecule has 0 radical (unpaired) electrons. The standard InChI is InChI=1S/C24H22N2O5/c1-14-6-7-17(24(29)30)11-20(14)26-23(28)19-10-15-4-2-3-5-16(15)12-21(19)31-13-22(27)25-18-8-9-18/h2-7,10-12,18H,8-9,13H2,1H3,(H,25,27)(H,26,28)(H,29,30). The number of hydrogen-bond donors (Lipinski definition) is 3. The summed E-state index contributed by atoms with van der Waals surface area (Å²) in [5.41, 5.74) is 1.46. The molecular weight excluding hydrogens is 396 g/mol. The van der Waals surface area contributed by atoms with Crippen LogP contribution in [0.3, 0.4) is 0 Å². The van der Waals surface area contributed by atoms with Gasteiger partial charge in [0.05, 0.1) is 11.1 Å². The molecule has 1 aliphatic rings. The molecule has 3 aromatic rings. The first-order valence-corrected chi connectivity index (χ1v) is 10.0. The Kier molecular flexibility index (Phi) is 5.58. The van der Waals surface area contributed by atoms with Crippen LogP contribution in [0.5, 0.6) is 5.75 Å². The van der Waals surface area contributed by atoms with Crippen LogP contribution >= 0.6 is 0 Å². The first kappa shape index (κ1) is 20.4. The molecule has 4 rings (SSSR count). The van der Waals surface area contributed by atoms with Gasteiger partial charge in [-0.1, -0.05) is 30.3 Å². The van der Waals surface area contributed by atoms with Crippen LogP contribution in [0.15, 0.2) is 54.6 Å². The van der Waals surface area contributed by atoms with Crippen molar-refractivity contribution in [2.45, 2.75) is 25.8 Å². The summed E-state index contributed by atoms with van der Waals surface area (Å²) >= 11 is 0. The molecule has 158 valence electrons. The molecule has 0 atom stereocenters. The van der Waals surface area contributed by atoms with E-state index in [4.69, 9.17) is 4.74 Å². The lowest BCUT2D eigenvalue weighted by Gasteiger charge is -2.14. The van der Waals surface area contributed by atoms with E-state index in [1.165, 1.54) is 12.1 Å². The average molecular weight is 418 g/mol. The summed E-state index contributed by atoms with van der Waals surface area (Å²) in [6, 6.07) is 15.7. The summed E-state index contributed by atoms with van der Waals surface area (Å²) in [5.74, 6) is -1.47. The molecule has 7 nitrogen and oxygen atoms in total. The Morgan fingerprint density at radius 2 is 1.74 bits per heavy atom. The van der Waals surface area contributed by atoms with Crippen molar-refractivity contribution in [2.24, 2.45) is 0 Å². The van der Waals surface area contributed by atoms with Crippen molar-refractivity contribution in [1.82, 2.24) is 5.32 Å².